The van der Waals surface area contributed by atoms with Gasteiger partial charge in [-0.2, -0.15) is 0 Å². The summed E-state index contributed by atoms with van der Waals surface area (Å²) < 4.78 is 57.4. The Balaban J connectivity index is 1.18. The van der Waals surface area contributed by atoms with Crippen LogP contribution in [0.15, 0.2) is 24.3 Å². The molecule has 0 bridgehead atoms. The third-order valence-electron chi connectivity index (χ3n) is 27.1. The lowest BCUT2D eigenvalue weighted by Crippen LogP contribution is -2.52. The van der Waals surface area contributed by atoms with Gasteiger partial charge in [-0.15, -0.1) is 0 Å². The fourth-order valence-corrected chi connectivity index (χ4v) is 17.5. The van der Waals surface area contributed by atoms with Gasteiger partial charge in [-0.3, -0.25) is 29.0 Å². The normalized spacial score (nSPS) is 21.0. The zero-order valence-electron chi connectivity index (χ0n) is 69.6. The number of carbonyl (C=O) groups is 4. The van der Waals surface area contributed by atoms with Gasteiger partial charge in [-0.1, -0.05) is 232 Å². The van der Waals surface area contributed by atoms with E-state index < -0.39 is 96.9 Å². The zero-order valence-corrected chi connectivity index (χ0v) is 69.6. The summed E-state index contributed by atoms with van der Waals surface area (Å²) in [6.45, 7) is 41.9. The van der Waals surface area contributed by atoms with Crippen molar-refractivity contribution in [3.05, 3.63) is 46.5 Å². The van der Waals surface area contributed by atoms with E-state index in [1.165, 1.54) is 116 Å². The molecule has 0 N–H and O–H groups in total. The maximum atomic E-state index is 16.8. The highest BCUT2D eigenvalue weighted by Crippen LogP contribution is 2.50. The lowest BCUT2D eigenvalue weighted by Gasteiger charge is -2.35. The minimum atomic E-state index is -1.07. The molecular weight excluding hydrogens is 1320 g/mol. The fraction of sp³-hybridized carbons (Fsp3) is 0.727. The van der Waals surface area contributed by atoms with Gasteiger partial charge in [0.25, 0.3) is 23.6 Å². The first-order valence-electron chi connectivity index (χ1n) is 42.6. The van der Waals surface area contributed by atoms with Crippen molar-refractivity contribution in [3.8, 4) is 0 Å². The molecule has 14 nitrogen and oxygen atoms in total. The average Bonchev–Trinajstić information content (AvgIpc) is 0.859. The smallest absolute Gasteiger partial charge is 0.399 e. The number of carbonyl (C=O) groups excluding carboxylic acids is 4. The number of rotatable bonds is 40. The Hall–Kier alpha value is -4.38. The first-order valence-corrected chi connectivity index (χ1v) is 42.6. The summed E-state index contributed by atoms with van der Waals surface area (Å²) >= 11 is 0. The second-order valence-corrected chi connectivity index (χ2v) is 37.2. The topological polar surface area (TPSA) is 149 Å². The van der Waals surface area contributed by atoms with Crippen molar-refractivity contribution in [1.29, 1.82) is 0 Å². The fourth-order valence-electron chi connectivity index (χ4n) is 17.5. The van der Waals surface area contributed by atoms with E-state index >= 15 is 19.2 Å². The standard InChI is InChI=1S/C88H134B4N2O12/c1-21-25-29-33-37-39-43-47-51-59(49-45-41-35-31-27-23-3)57-93-77(95)71-65(89-99-81(5,6)82(7,8)100-89)53-61-63-55-67(91-103-85(13,14)86(15,16)104-91)73-76-70(63)64(62-54-66(72(78(93)96)75(71)69(61)62)90-101-83(9,10)84(11,12)102-90)56-68(92-105-87(17,18)88(19,20)106-92)74(76)80(98)94(79(73)97)58-60(50-46-42-36-32-28-24-4)52-48-44-40-38-34-30-26-22-2/h53-56,59-60H,21-52,57-58H2,1-20H3. The van der Waals surface area contributed by atoms with Crippen LogP contribution in [0.1, 0.15) is 385 Å². The van der Waals surface area contributed by atoms with E-state index in [1.807, 2.05) is 111 Å². The van der Waals surface area contributed by atoms with Gasteiger partial charge in [0.15, 0.2) is 0 Å². The Morgan fingerprint density at radius 1 is 0.264 bits per heavy atom. The van der Waals surface area contributed by atoms with Crippen LogP contribution in [-0.2, 0) is 37.2 Å². The molecule has 18 heteroatoms. The molecule has 4 saturated heterocycles. The molecule has 2 atom stereocenters. The number of nitrogens with zero attached hydrogens (tertiary/aromatic N) is 2. The predicted molar refractivity (Wildman–Crippen MR) is 439 cm³/mol. The number of hydrogen-bond acceptors (Lipinski definition) is 12. The first-order chi connectivity index (χ1) is 50.1. The van der Waals surface area contributed by atoms with E-state index in [4.69, 9.17) is 37.2 Å². The zero-order chi connectivity index (χ0) is 76.7. The second kappa shape index (κ2) is 33.1. The molecule has 6 heterocycles. The molecule has 580 valence electrons. The summed E-state index contributed by atoms with van der Waals surface area (Å²) in [7, 11) is -4.28. The third-order valence-corrected chi connectivity index (χ3v) is 27.1. The highest BCUT2D eigenvalue weighted by molar-refractivity contribution is 6.70. The van der Waals surface area contributed by atoms with Gasteiger partial charge in [0.1, 0.15) is 0 Å². The molecule has 4 fully saturated rings. The van der Waals surface area contributed by atoms with Crippen LogP contribution in [0.4, 0.5) is 0 Å². The van der Waals surface area contributed by atoms with Gasteiger partial charge >= 0.3 is 28.5 Å². The van der Waals surface area contributed by atoms with Gasteiger partial charge in [-0.25, -0.2) is 0 Å². The average molecular weight is 1460 g/mol. The van der Waals surface area contributed by atoms with Crippen molar-refractivity contribution in [2.24, 2.45) is 11.8 Å². The maximum absolute atomic E-state index is 16.8. The first kappa shape index (κ1) is 82.6. The molecule has 5 aromatic rings. The number of hydrogen-bond donors (Lipinski definition) is 0. The van der Waals surface area contributed by atoms with Crippen LogP contribution >= 0.6 is 0 Å². The summed E-state index contributed by atoms with van der Waals surface area (Å²) in [5.41, 5.74) is -3.39. The lowest BCUT2D eigenvalue weighted by atomic mass is 9.64. The minimum Gasteiger partial charge on any atom is -0.399 e. The van der Waals surface area contributed by atoms with E-state index in [0.717, 1.165) is 89.9 Å². The Morgan fingerprint density at radius 3 is 0.613 bits per heavy atom. The van der Waals surface area contributed by atoms with Gasteiger partial charge in [0.2, 0.25) is 0 Å². The maximum Gasteiger partial charge on any atom is 0.495 e. The molecular formula is C88H134B4N2O12. The van der Waals surface area contributed by atoms with Crippen molar-refractivity contribution >= 4 is 117 Å². The van der Waals surface area contributed by atoms with Crippen LogP contribution in [0.25, 0.3) is 43.1 Å². The largest absolute Gasteiger partial charge is 0.495 e. The van der Waals surface area contributed by atoms with Crippen LogP contribution in [0.3, 0.4) is 0 Å². The number of fused-ring (bicyclic) bond motifs is 2. The molecule has 0 aromatic heterocycles. The molecule has 4 amide bonds. The highest BCUT2D eigenvalue weighted by Gasteiger charge is 2.59. The SMILES string of the molecule is CCCCCCCCCCC(CCCCCCCC)CN1C(=O)c2c(B3OC(C)(C)C(C)(C)O3)cc3c4cc(B5OC(C)(C)C(C)(C)O5)c5c6c(c(B7OC(C)(C)C(C)(C)O7)cc(c7cc(B8OC(C)(C)C(C)(C)O8)c(c2c37)C1=O)c64)C(=O)N(CC(CCCCCCCC)CCCCCCCCCC)C5=O. The van der Waals surface area contributed by atoms with Crippen molar-refractivity contribution < 1.29 is 56.4 Å². The summed E-state index contributed by atoms with van der Waals surface area (Å²) in [4.78, 5) is 70.5. The molecule has 106 heavy (non-hydrogen) atoms. The van der Waals surface area contributed by atoms with E-state index in [1.54, 1.807) is 9.80 Å². The molecule has 5 aromatic carbocycles. The third kappa shape index (κ3) is 16.3. The van der Waals surface area contributed by atoms with Crippen molar-refractivity contribution in [2.45, 2.75) is 389 Å². The number of imide groups is 2. The molecule has 0 aliphatic carbocycles. The van der Waals surface area contributed by atoms with Crippen LogP contribution < -0.4 is 21.9 Å². The Bertz CT molecular complexity index is 3450. The van der Waals surface area contributed by atoms with Crippen LogP contribution in [0.5, 0.6) is 0 Å². The number of unbranched alkanes of at least 4 members (excludes halogenated alkanes) is 24. The number of benzene rings is 5. The van der Waals surface area contributed by atoms with Gasteiger partial charge in [0.05, 0.1) is 44.8 Å². The molecule has 6 aliphatic rings. The molecule has 0 radical (unpaired) electrons. The number of amides is 4. The molecule has 0 saturated carbocycles. The summed E-state index contributed by atoms with van der Waals surface area (Å²) in [5.74, 6) is -1.45. The summed E-state index contributed by atoms with van der Waals surface area (Å²) in [6, 6.07) is 8.26. The second-order valence-electron chi connectivity index (χ2n) is 37.2. The van der Waals surface area contributed by atoms with Crippen molar-refractivity contribution in [1.82, 2.24) is 9.80 Å². The quantitative estimate of drug-likeness (QED) is 0.0121. The van der Waals surface area contributed by atoms with Crippen LogP contribution in [-0.4, -0.2) is 120 Å². The Morgan fingerprint density at radius 2 is 0.434 bits per heavy atom. The monoisotopic (exact) mass is 1460 g/mol. The van der Waals surface area contributed by atoms with Crippen LogP contribution in [0, 0.1) is 11.8 Å². The van der Waals surface area contributed by atoms with Crippen molar-refractivity contribution in [2.75, 3.05) is 13.1 Å². The van der Waals surface area contributed by atoms with E-state index in [0.29, 0.717) is 87.2 Å². The Labute approximate surface area is 640 Å². The molecule has 2 unspecified atom stereocenters. The Kier molecular flexibility index (Phi) is 25.8. The summed E-state index contributed by atoms with van der Waals surface area (Å²) in [5, 5.41) is 4.99. The van der Waals surface area contributed by atoms with E-state index in [9.17, 15) is 0 Å². The molecule has 11 rings (SSSR count). The lowest BCUT2D eigenvalue weighted by molar-refractivity contribution is 0.00578. The summed E-state index contributed by atoms with van der Waals surface area (Å²) in [6.07, 6.45) is 36.4. The molecule has 6 aliphatic heterocycles. The van der Waals surface area contributed by atoms with E-state index in [2.05, 4.69) is 52.0 Å². The van der Waals surface area contributed by atoms with Gasteiger partial charge in [0, 0.05) is 46.1 Å². The van der Waals surface area contributed by atoms with Crippen molar-refractivity contribution in [3.63, 3.8) is 0 Å². The van der Waals surface area contributed by atoms with Crippen LogP contribution in [0.2, 0.25) is 0 Å². The minimum absolute atomic E-state index is 0.0601. The highest BCUT2D eigenvalue weighted by atomic mass is 16.7. The van der Waals surface area contributed by atoms with Gasteiger partial charge in [-0.05, 0) is 202 Å². The predicted octanol–water partition coefficient (Wildman–Crippen LogP) is 19.9. The van der Waals surface area contributed by atoms with E-state index in [-0.39, 0.29) is 24.9 Å². The molecule has 0 spiro atoms. The van der Waals surface area contributed by atoms with Gasteiger partial charge < -0.3 is 37.2 Å².